The molecule has 2 fully saturated rings. The summed E-state index contributed by atoms with van der Waals surface area (Å²) < 4.78 is 11.9. The van der Waals surface area contributed by atoms with Crippen LogP contribution in [0.3, 0.4) is 0 Å². The van der Waals surface area contributed by atoms with Crippen molar-refractivity contribution in [1.82, 2.24) is 19.8 Å². The van der Waals surface area contributed by atoms with E-state index in [1.807, 2.05) is 37.8 Å². The summed E-state index contributed by atoms with van der Waals surface area (Å²) in [5, 5.41) is 0. The van der Waals surface area contributed by atoms with E-state index in [1.165, 1.54) is 11.6 Å². The number of ether oxygens (including phenoxy) is 2. The Morgan fingerprint density at radius 3 is 2.62 bits per heavy atom. The summed E-state index contributed by atoms with van der Waals surface area (Å²) in [6.45, 7) is 22.2. The zero-order chi connectivity index (χ0) is 32.3. The Hall–Kier alpha value is -3.67. The second-order valence-electron chi connectivity index (χ2n) is 11.5. The molecule has 0 saturated carbocycles. The molecule has 2 aromatic rings. The molecular weight excluding hydrogens is 568 g/mol. The molecule has 11 heteroatoms. The first-order valence-corrected chi connectivity index (χ1v) is 16.4. The van der Waals surface area contributed by atoms with E-state index in [4.69, 9.17) is 25.3 Å². The first kappa shape index (κ1) is 34.2. The number of carbonyl (C=O) groups is 1. The summed E-state index contributed by atoms with van der Waals surface area (Å²) in [5.41, 5.74) is 9.29. The van der Waals surface area contributed by atoms with Crippen molar-refractivity contribution in [3.8, 4) is 6.01 Å². The summed E-state index contributed by atoms with van der Waals surface area (Å²) in [5.74, 6) is 6.79. The van der Waals surface area contributed by atoms with E-state index in [0.717, 1.165) is 79.6 Å². The number of aryl methyl sites for hydroxylation is 1. The highest BCUT2D eigenvalue weighted by atomic mass is 16.5. The first-order valence-electron chi connectivity index (χ1n) is 16.4. The molecule has 0 aliphatic carbocycles. The number of nitrogens with two attached hydrogens (primary N) is 1. The Morgan fingerprint density at radius 2 is 1.93 bits per heavy atom. The van der Waals surface area contributed by atoms with E-state index in [1.54, 1.807) is 0 Å². The maximum absolute atomic E-state index is 12.2. The number of carbonyl (C=O) groups excluding carboxylic acids is 1. The number of hydrazine groups is 1. The van der Waals surface area contributed by atoms with Gasteiger partial charge in [0.25, 0.3) is 0 Å². The summed E-state index contributed by atoms with van der Waals surface area (Å²) in [6.07, 6.45) is 7.50. The van der Waals surface area contributed by atoms with Crippen molar-refractivity contribution in [2.45, 2.75) is 60.1 Å². The number of fused-ring (bicyclic) bond motifs is 1. The van der Waals surface area contributed by atoms with Crippen LogP contribution in [0.1, 0.15) is 56.5 Å². The van der Waals surface area contributed by atoms with Gasteiger partial charge >= 0.3 is 6.01 Å². The van der Waals surface area contributed by atoms with Gasteiger partial charge in [0.1, 0.15) is 5.82 Å². The number of hydrogen-bond acceptors (Lipinski definition) is 10. The number of piperazine rings is 1. The summed E-state index contributed by atoms with van der Waals surface area (Å²) in [4.78, 5) is 31.1. The van der Waals surface area contributed by atoms with Crippen LogP contribution in [0.25, 0.3) is 6.08 Å². The maximum Gasteiger partial charge on any atom is 0.318 e. The third kappa shape index (κ3) is 8.33. The van der Waals surface area contributed by atoms with Crippen molar-refractivity contribution in [2.75, 3.05) is 80.8 Å². The van der Waals surface area contributed by atoms with Crippen LogP contribution in [0, 0.1) is 6.92 Å². The standard InChI is InChI=1S/C32H46N8O3.C2H6/c1-5-8-25-27(36-33)10-9-23(3)30(25)40-13-11-26-28(22-40)34-32(43-19-7-12-37-18-20-42-24(4)21-37)35-31(26)39-16-14-38(15-17-39)29(41)6-2;1-2/h5-6,8-10,24,36H,2,7,11-22,33H2,1,3-4H3;1-2H3/b8-5+;/t24-;/m0./s1. The zero-order valence-electron chi connectivity index (χ0n) is 27.8. The predicted molar refractivity (Wildman–Crippen MR) is 183 cm³/mol. The molecule has 1 aromatic heterocycles. The zero-order valence-corrected chi connectivity index (χ0v) is 27.8. The smallest absolute Gasteiger partial charge is 0.318 e. The minimum atomic E-state index is -0.0276. The van der Waals surface area contributed by atoms with Crippen LogP contribution in [0.15, 0.2) is 30.9 Å². The second kappa shape index (κ2) is 16.6. The number of morpholine rings is 1. The Labute approximate surface area is 269 Å². The van der Waals surface area contributed by atoms with E-state index in [9.17, 15) is 4.79 Å². The van der Waals surface area contributed by atoms with Crippen molar-refractivity contribution in [2.24, 2.45) is 5.84 Å². The molecule has 3 aliphatic rings. The number of rotatable bonds is 10. The van der Waals surface area contributed by atoms with Gasteiger partial charge in [-0.25, -0.2) is 0 Å². The number of benzene rings is 1. The van der Waals surface area contributed by atoms with Crippen LogP contribution >= 0.6 is 0 Å². The van der Waals surface area contributed by atoms with Crippen LogP contribution in [0.5, 0.6) is 6.01 Å². The van der Waals surface area contributed by atoms with Crippen molar-refractivity contribution < 1.29 is 14.3 Å². The van der Waals surface area contributed by atoms with Crippen molar-refractivity contribution in [3.63, 3.8) is 0 Å². The van der Waals surface area contributed by atoms with Crippen molar-refractivity contribution in [1.29, 1.82) is 0 Å². The summed E-state index contributed by atoms with van der Waals surface area (Å²) in [7, 11) is 0. The van der Waals surface area contributed by atoms with Gasteiger partial charge in [0.15, 0.2) is 0 Å². The summed E-state index contributed by atoms with van der Waals surface area (Å²) >= 11 is 0. The fourth-order valence-corrected chi connectivity index (χ4v) is 6.32. The minimum absolute atomic E-state index is 0.0276. The highest BCUT2D eigenvalue weighted by Crippen LogP contribution is 2.37. The molecule has 4 heterocycles. The van der Waals surface area contributed by atoms with Gasteiger partial charge in [-0.3, -0.25) is 15.5 Å². The van der Waals surface area contributed by atoms with E-state index < -0.39 is 0 Å². The number of amides is 1. The molecule has 2 saturated heterocycles. The summed E-state index contributed by atoms with van der Waals surface area (Å²) in [6, 6.07) is 4.54. The van der Waals surface area contributed by atoms with E-state index in [0.29, 0.717) is 45.3 Å². The fraction of sp³-hybridized carbons (Fsp3) is 0.559. The molecule has 1 amide bonds. The number of allylic oxidation sites excluding steroid dienone is 1. The highest BCUT2D eigenvalue weighted by Gasteiger charge is 2.30. The molecule has 3 N–H and O–H groups in total. The number of nitrogen functional groups attached to an aromatic ring is 1. The largest absolute Gasteiger partial charge is 0.463 e. The van der Waals surface area contributed by atoms with Gasteiger partial charge in [0.2, 0.25) is 5.91 Å². The van der Waals surface area contributed by atoms with Crippen molar-refractivity contribution in [3.05, 3.63) is 53.2 Å². The van der Waals surface area contributed by atoms with Crippen LogP contribution in [0.2, 0.25) is 0 Å². The lowest BCUT2D eigenvalue weighted by Crippen LogP contribution is -2.49. The van der Waals surface area contributed by atoms with Gasteiger partial charge in [-0.1, -0.05) is 38.6 Å². The lowest BCUT2D eigenvalue weighted by molar-refractivity contribution is -0.126. The molecule has 5 rings (SSSR count). The normalized spacial score (nSPS) is 18.7. The molecule has 1 aromatic carbocycles. The van der Waals surface area contributed by atoms with Gasteiger partial charge in [-0.05, 0) is 51.3 Å². The molecular formula is C34H52N8O3. The van der Waals surface area contributed by atoms with Gasteiger partial charge in [0, 0.05) is 69.2 Å². The Morgan fingerprint density at radius 1 is 1.16 bits per heavy atom. The molecule has 0 unspecified atom stereocenters. The molecule has 246 valence electrons. The third-order valence-corrected chi connectivity index (χ3v) is 8.49. The molecule has 0 spiro atoms. The molecule has 45 heavy (non-hydrogen) atoms. The number of hydrogen-bond donors (Lipinski definition) is 2. The topological polar surface area (TPSA) is 112 Å². The number of nitrogens with zero attached hydrogens (tertiary/aromatic N) is 6. The first-order chi connectivity index (χ1) is 21.9. The molecule has 3 aliphatic heterocycles. The Bertz CT molecular complexity index is 1330. The van der Waals surface area contributed by atoms with Gasteiger partial charge < -0.3 is 29.6 Å². The predicted octanol–water partition coefficient (Wildman–Crippen LogP) is 4.02. The molecule has 11 nitrogen and oxygen atoms in total. The molecule has 1 atom stereocenters. The number of anilines is 3. The fourth-order valence-electron chi connectivity index (χ4n) is 6.32. The van der Waals surface area contributed by atoms with Crippen LogP contribution in [-0.4, -0.2) is 97.4 Å². The third-order valence-electron chi connectivity index (χ3n) is 8.49. The highest BCUT2D eigenvalue weighted by molar-refractivity contribution is 5.87. The maximum atomic E-state index is 12.2. The van der Waals surface area contributed by atoms with Gasteiger partial charge in [-0.15, -0.1) is 0 Å². The second-order valence-corrected chi connectivity index (χ2v) is 11.5. The molecule has 0 radical (unpaired) electrons. The lowest BCUT2D eigenvalue weighted by atomic mass is 9.99. The minimum Gasteiger partial charge on any atom is -0.463 e. The van der Waals surface area contributed by atoms with Gasteiger partial charge in [-0.2, -0.15) is 9.97 Å². The average Bonchev–Trinajstić information content (AvgIpc) is 3.07. The van der Waals surface area contributed by atoms with E-state index in [-0.39, 0.29) is 12.0 Å². The quantitative estimate of drug-likeness (QED) is 0.175. The number of nitrogens with one attached hydrogen (secondary N) is 1. The Kier molecular flexibility index (Phi) is 12.6. The molecule has 0 bridgehead atoms. The van der Waals surface area contributed by atoms with Crippen molar-refractivity contribution >= 4 is 29.2 Å². The van der Waals surface area contributed by atoms with Crippen LogP contribution < -0.4 is 25.8 Å². The SMILES string of the molecule is C=CC(=O)N1CCN(c2nc(OCCCN3CCO[C@@H](C)C3)nc3c2CCN(c2c(C)ccc(NN)c2/C=C/C)C3)CC1.CC. The lowest BCUT2D eigenvalue weighted by Gasteiger charge is -2.38. The monoisotopic (exact) mass is 620 g/mol. The van der Waals surface area contributed by atoms with Crippen LogP contribution in [0.4, 0.5) is 17.2 Å². The van der Waals surface area contributed by atoms with E-state index in [2.05, 4.69) is 52.7 Å². The van der Waals surface area contributed by atoms with Crippen LogP contribution in [-0.2, 0) is 22.5 Å². The Balaban J connectivity index is 0.00000226. The van der Waals surface area contributed by atoms with Gasteiger partial charge in [0.05, 0.1) is 37.2 Å². The van der Waals surface area contributed by atoms with E-state index >= 15 is 0 Å². The number of aromatic nitrogens is 2. The average molecular weight is 621 g/mol.